The number of carboxylic acid groups (broad SMARTS) is 1. The maximum absolute atomic E-state index is 11.2. The summed E-state index contributed by atoms with van der Waals surface area (Å²) in [6.45, 7) is 4.76. The van der Waals surface area contributed by atoms with Crippen molar-refractivity contribution in [3.63, 3.8) is 0 Å². The van der Waals surface area contributed by atoms with Gasteiger partial charge in [0.1, 0.15) is 0 Å². The van der Waals surface area contributed by atoms with Crippen molar-refractivity contribution in [2.24, 2.45) is 0 Å². The van der Waals surface area contributed by atoms with E-state index in [0.717, 1.165) is 6.42 Å². The van der Waals surface area contributed by atoms with Gasteiger partial charge in [-0.2, -0.15) is 0 Å². The summed E-state index contributed by atoms with van der Waals surface area (Å²) >= 11 is 0. The summed E-state index contributed by atoms with van der Waals surface area (Å²) < 4.78 is 0. The van der Waals surface area contributed by atoms with Crippen LogP contribution in [0.3, 0.4) is 0 Å². The minimum Gasteiger partial charge on any atom is -0.481 e. The van der Waals surface area contributed by atoms with Crippen LogP contribution in [0.5, 0.6) is 0 Å². The Morgan fingerprint density at radius 3 is 2.60 bits per heavy atom. The number of carboxylic acids is 1. The van der Waals surface area contributed by atoms with E-state index in [1.807, 2.05) is 13.8 Å². The second kappa shape index (κ2) is 8.23. The van der Waals surface area contributed by atoms with Crippen molar-refractivity contribution >= 4 is 11.9 Å². The summed E-state index contributed by atoms with van der Waals surface area (Å²) in [5, 5.41) is 14.1. The molecule has 0 aromatic carbocycles. The van der Waals surface area contributed by atoms with Crippen molar-refractivity contribution in [1.82, 2.24) is 10.6 Å². The Morgan fingerprint density at radius 2 is 2.07 bits per heavy atom. The van der Waals surface area contributed by atoms with Gasteiger partial charge in [0.05, 0.1) is 6.54 Å². The van der Waals surface area contributed by atoms with Gasteiger partial charge in [0.15, 0.2) is 0 Å². The SMILES string of the molecule is CCC(C)NC(=O)CNCCCC(=O)O. The highest BCUT2D eigenvalue weighted by Gasteiger charge is 2.04. The molecule has 0 rings (SSSR count). The second-order valence-corrected chi connectivity index (χ2v) is 3.55. The number of nitrogens with one attached hydrogen (secondary N) is 2. The van der Waals surface area contributed by atoms with Crippen molar-refractivity contribution in [2.75, 3.05) is 13.1 Å². The second-order valence-electron chi connectivity index (χ2n) is 3.55. The third-order valence-corrected chi connectivity index (χ3v) is 2.05. The molecule has 0 saturated carbocycles. The molecule has 0 saturated heterocycles. The first-order valence-corrected chi connectivity index (χ1v) is 5.28. The van der Waals surface area contributed by atoms with E-state index in [4.69, 9.17) is 5.11 Å². The van der Waals surface area contributed by atoms with Gasteiger partial charge < -0.3 is 15.7 Å². The Balaban J connectivity index is 3.35. The molecule has 0 aliphatic heterocycles. The van der Waals surface area contributed by atoms with E-state index in [1.54, 1.807) is 0 Å². The van der Waals surface area contributed by atoms with E-state index in [1.165, 1.54) is 0 Å². The Kier molecular flexibility index (Phi) is 7.62. The molecule has 5 heteroatoms. The summed E-state index contributed by atoms with van der Waals surface area (Å²) in [4.78, 5) is 21.4. The monoisotopic (exact) mass is 216 g/mol. The highest BCUT2D eigenvalue weighted by Crippen LogP contribution is 1.87. The van der Waals surface area contributed by atoms with Crippen molar-refractivity contribution in [2.45, 2.75) is 39.2 Å². The van der Waals surface area contributed by atoms with Gasteiger partial charge in [0, 0.05) is 12.5 Å². The van der Waals surface area contributed by atoms with Crippen molar-refractivity contribution < 1.29 is 14.7 Å². The van der Waals surface area contributed by atoms with Gasteiger partial charge in [-0.3, -0.25) is 9.59 Å². The standard InChI is InChI=1S/C10H20N2O3/c1-3-8(2)12-9(13)7-11-6-4-5-10(14)15/h8,11H,3-7H2,1-2H3,(H,12,13)(H,14,15). The Hall–Kier alpha value is -1.10. The van der Waals surface area contributed by atoms with Crippen LogP contribution in [-0.2, 0) is 9.59 Å². The predicted octanol–water partition coefficient (Wildman–Crippen LogP) is 0.355. The van der Waals surface area contributed by atoms with Gasteiger partial charge >= 0.3 is 5.97 Å². The maximum atomic E-state index is 11.2. The van der Waals surface area contributed by atoms with Crippen molar-refractivity contribution in [3.8, 4) is 0 Å². The fraction of sp³-hybridized carbons (Fsp3) is 0.800. The topological polar surface area (TPSA) is 78.4 Å². The molecule has 15 heavy (non-hydrogen) atoms. The Bertz CT molecular complexity index is 207. The summed E-state index contributed by atoms with van der Waals surface area (Å²) in [7, 11) is 0. The van der Waals surface area contributed by atoms with Gasteiger partial charge in [-0.25, -0.2) is 0 Å². The first-order valence-electron chi connectivity index (χ1n) is 5.28. The predicted molar refractivity (Wildman–Crippen MR) is 57.6 cm³/mol. The minimum atomic E-state index is -0.805. The van der Waals surface area contributed by atoms with Crippen molar-refractivity contribution in [3.05, 3.63) is 0 Å². The lowest BCUT2D eigenvalue weighted by atomic mass is 10.2. The molecule has 1 atom stereocenters. The summed E-state index contributed by atoms with van der Waals surface area (Å²) in [6, 6.07) is 0.193. The van der Waals surface area contributed by atoms with Crippen LogP contribution in [0.1, 0.15) is 33.1 Å². The molecule has 88 valence electrons. The molecule has 0 fully saturated rings. The van der Waals surface area contributed by atoms with E-state index in [0.29, 0.717) is 13.0 Å². The molecule has 1 amide bonds. The molecule has 0 spiro atoms. The van der Waals surface area contributed by atoms with Crippen LogP contribution in [0.2, 0.25) is 0 Å². The molecule has 0 bridgehead atoms. The smallest absolute Gasteiger partial charge is 0.303 e. The third kappa shape index (κ3) is 9.21. The van der Waals surface area contributed by atoms with Gasteiger partial charge in [0.25, 0.3) is 0 Å². The van der Waals surface area contributed by atoms with Crippen LogP contribution in [0, 0.1) is 0 Å². The molecule has 3 N–H and O–H groups in total. The molecule has 1 unspecified atom stereocenters. The number of carbonyl (C=O) groups excluding carboxylic acids is 1. The molecule has 5 nitrogen and oxygen atoms in total. The molecular formula is C10H20N2O3. The van der Waals surface area contributed by atoms with Crippen LogP contribution in [-0.4, -0.2) is 36.1 Å². The highest BCUT2D eigenvalue weighted by atomic mass is 16.4. The molecule has 0 heterocycles. The fourth-order valence-corrected chi connectivity index (χ4v) is 0.994. The summed E-state index contributed by atoms with van der Waals surface area (Å²) in [6.07, 6.45) is 1.59. The van der Waals surface area contributed by atoms with E-state index < -0.39 is 5.97 Å². The van der Waals surface area contributed by atoms with Gasteiger partial charge in [-0.05, 0) is 26.3 Å². The highest BCUT2D eigenvalue weighted by molar-refractivity contribution is 5.78. The first kappa shape index (κ1) is 13.9. The number of hydrogen-bond acceptors (Lipinski definition) is 3. The Morgan fingerprint density at radius 1 is 1.40 bits per heavy atom. The summed E-state index contributed by atoms with van der Waals surface area (Å²) in [5.41, 5.74) is 0. The first-order chi connectivity index (χ1) is 7.06. The number of hydrogen-bond donors (Lipinski definition) is 3. The molecule has 0 aromatic rings. The van der Waals surface area contributed by atoms with Crippen LogP contribution in [0.15, 0.2) is 0 Å². The lowest BCUT2D eigenvalue weighted by molar-refractivity contribution is -0.137. The molecule has 0 aliphatic rings. The van der Waals surface area contributed by atoms with Gasteiger partial charge in [-0.1, -0.05) is 6.92 Å². The lowest BCUT2D eigenvalue weighted by Gasteiger charge is -2.11. The Labute approximate surface area is 90.2 Å². The molecule has 0 aromatic heterocycles. The molecular weight excluding hydrogens is 196 g/mol. The minimum absolute atomic E-state index is 0.0420. The van der Waals surface area contributed by atoms with Gasteiger partial charge in [-0.15, -0.1) is 0 Å². The fourth-order valence-electron chi connectivity index (χ4n) is 0.994. The van der Waals surface area contributed by atoms with Gasteiger partial charge in [0.2, 0.25) is 5.91 Å². The zero-order chi connectivity index (χ0) is 11.7. The zero-order valence-corrected chi connectivity index (χ0v) is 9.38. The zero-order valence-electron chi connectivity index (χ0n) is 9.38. The number of rotatable bonds is 8. The molecule has 0 radical (unpaired) electrons. The normalized spacial score (nSPS) is 12.1. The van der Waals surface area contributed by atoms with Crippen LogP contribution in [0.25, 0.3) is 0 Å². The van der Waals surface area contributed by atoms with E-state index in [9.17, 15) is 9.59 Å². The number of amides is 1. The average molecular weight is 216 g/mol. The third-order valence-electron chi connectivity index (χ3n) is 2.05. The van der Waals surface area contributed by atoms with Crippen LogP contribution in [0.4, 0.5) is 0 Å². The lowest BCUT2D eigenvalue weighted by Crippen LogP contribution is -2.39. The molecule has 0 aliphatic carbocycles. The van der Waals surface area contributed by atoms with E-state index in [-0.39, 0.29) is 24.9 Å². The summed E-state index contributed by atoms with van der Waals surface area (Å²) in [5.74, 6) is -0.847. The van der Waals surface area contributed by atoms with E-state index >= 15 is 0 Å². The van der Waals surface area contributed by atoms with Crippen LogP contribution < -0.4 is 10.6 Å². The quantitative estimate of drug-likeness (QED) is 0.512. The number of aliphatic carboxylic acids is 1. The maximum Gasteiger partial charge on any atom is 0.303 e. The average Bonchev–Trinajstić information content (AvgIpc) is 2.16. The number of carbonyl (C=O) groups is 2. The van der Waals surface area contributed by atoms with Crippen LogP contribution >= 0.6 is 0 Å². The largest absolute Gasteiger partial charge is 0.481 e. The van der Waals surface area contributed by atoms with Crippen molar-refractivity contribution in [1.29, 1.82) is 0 Å². The van der Waals surface area contributed by atoms with E-state index in [2.05, 4.69) is 10.6 Å².